The summed E-state index contributed by atoms with van der Waals surface area (Å²) in [5.74, 6) is 1.23. The topological polar surface area (TPSA) is 64.8 Å². The van der Waals surface area contributed by atoms with E-state index in [1.165, 1.54) is 4.90 Å². The van der Waals surface area contributed by atoms with Crippen LogP contribution in [0.25, 0.3) is 0 Å². The summed E-state index contributed by atoms with van der Waals surface area (Å²) in [4.78, 5) is 12.9. The Hall–Kier alpha value is -1.91. The molecule has 0 atom stereocenters. The number of nitrogens with two attached hydrogens (primary N) is 1. The van der Waals surface area contributed by atoms with E-state index in [0.717, 1.165) is 0 Å². The van der Waals surface area contributed by atoms with Gasteiger partial charge in [0.2, 0.25) is 5.91 Å². The quantitative estimate of drug-likeness (QED) is 0.781. The van der Waals surface area contributed by atoms with Gasteiger partial charge < -0.3 is 20.1 Å². The molecule has 2 N–H and O–H groups in total. The summed E-state index contributed by atoms with van der Waals surface area (Å²) in [5, 5.41) is 0. The number of hydrogen-bond donors (Lipinski definition) is 1. The number of benzene rings is 1. The number of carbonyl (C=O) groups is 1. The van der Waals surface area contributed by atoms with Crippen molar-refractivity contribution in [2.24, 2.45) is 0 Å². The number of carbonyl (C=O) groups excluding carboxylic acids is 1. The zero-order valence-corrected chi connectivity index (χ0v) is 10.4. The fraction of sp³-hybridized carbons (Fsp3) is 0.417. The minimum Gasteiger partial charge on any atom is -0.497 e. The minimum absolute atomic E-state index is 0.0199. The van der Waals surface area contributed by atoms with Gasteiger partial charge in [-0.05, 0) is 12.1 Å². The van der Waals surface area contributed by atoms with Crippen LogP contribution < -0.4 is 15.2 Å². The lowest BCUT2D eigenvalue weighted by molar-refractivity contribution is -0.129. The maximum absolute atomic E-state index is 11.3. The first-order chi connectivity index (χ1) is 8.04. The lowest BCUT2D eigenvalue weighted by Crippen LogP contribution is -2.23. The third-order valence-corrected chi connectivity index (χ3v) is 2.29. The Kier molecular flexibility index (Phi) is 4.63. The summed E-state index contributed by atoms with van der Waals surface area (Å²) in [5.41, 5.74) is 6.28. The molecule has 0 spiro atoms. The Morgan fingerprint density at radius 3 is 2.71 bits per heavy atom. The second-order valence-corrected chi connectivity index (χ2v) is 3.79. The Labute approximate surface area is 101 Å². The summed E-state index contributed by atoms with van der Waals surface area (Å²) in [6.45, 7) is 0.300. The molecule has 0 heterocycles. The lowest BCUT2D eigenvalue weighted by Gasteiger charge is -2.12. The van der Waals surface area contributed by atoms with Crippen molar-refractivity contribution in [3.8, 4) is 11.5 Å². The molecular weight excluding hydrogens is 220 g/mol. The lowest BCUT2D eigenvalue weighted by atomic mass is 10.3. The van der Waals surface area contributed by atoms with Crippen LogP contribution in [0.4, 0.5) is 5.69 Å². The maximum atomic E-state index is 11.3. The van der Waals surface area contributed by atoms with E-state index in [1.807, 2.05) is 0 Å². The average Bonchev–Trinajstić information content (AvgIpc) is 2.31. The first-order valence-electron chi connectivity index (χ1n) is 5.31. The van der Waals surface area contributed by atoms with E-state index < -0.39 is 0 Å². The van der Waals surface area contributed by atoms with Gasteiger partial charge in [0.1, 0.15) is 11.5 Å². The number of nitrogen functional groups attached to an aromatic ring is 1. The molecule has 0 saturated heterocycles. The Morgan fingerprint density at radius 2 is 2.12 bits per heavy atom. The van der Waals surface area contributed by atoms with Crippen molar-refractivity contribution in [3.63, 3.8) is 0 Å². The molecule has 1 rings (SSSR count). The van der Waals surface area contributed by atoms with Gasteiger partial charge in [-0.15, -0.1) is 0 Å². The zero-order chi connectivity index (χ0) is 12.8. The maximum Gasteiger partial charge on any atom is 0.225 e. The molecule has 0 fully saturated rings. The molecule has 0 saturated carbocycles. The van der Waals surface area contributed by atoms with Gasteiger partial charge in [-0.1, -0.05) is 0 Å². The normalized spacial score (nSPS) is 9.82. The second kappa shape index (κ2) is 5.98. The molecule has 0 aromatic heterocycles. The summed E-state index contributed by atoms with van der Waals surface area (Å²) in [6, 6.07) is 5.17. The van der Waals surface area contributed by atoms with Crippen molar-refractivity contribution >= 4 is 11.6 Å². The molecule has 1 amide bonds. The van der Waals surface area contributed by atoms with Gasteiger partial charge in [0.25, 0.3) is 0 Å². The van der Waals surface area contributed by atoms with E-state index in [4.69, 9.17) is 15.2 Å². The summed E-state index contributed by atoms with van der Waals surface area (Å²) in [7, 11) is 5.00. The molecular formula is C12H18N2O3. The predicted molar refractivity (Wildman–Crippen MR) is 66.2 cm³/mol. The van der Waals surface area contributed by atoms with Crippen LogP contribution in [-0.2, 0) is 4.79 Å². The number of nitrogens with zero attached hydrogens (tertiary/aromatic N) is 1. The van der Waals surface area contributed by atoms with Gasteiger partial charge in [-0.25, -0.2) is 0 Å². The molecule has 0 aliphatic heterocycles. The molecule has 0 aliphatic carbocycles. The number of amides is 1. The number of methoxy groups -OCH3 is 1. The van der Waals surface area contributed by atoms with Gasteiger partial charge in [0, 0.05) is 20.2 Å². The van der Waals surface area contributed by atoms with E-state index in [1.54, 1.807) is 39.4 Å². The SMILES string of the molecule is COc1ccc(N)c(OCCC(=O)N(C)C)c1. The number of ether oxygens (including phenoxy) is 2. The molecule has 0 bridgehead atoms. The van der Waals surface area contributed by atoms with Gasteiger partial charge in [-0.3, -0.25) is 4.79 Å². The minimum atomic E-state index is 0.0199. The van der Waals surface area contributed by atoms with E-state index in [-0.39, 0.29) is 5.91 Å². The third-order valence-electron chi connectivity index (χ3n) is 2.29. The highest BCUT2D eigenvalue weighted by atomic mass is 16.5. The highest BCUT2D eigenvalue weighted by Gasteiger charge is 2.06. The van der Waals surface area contributed by atoms with E-state index in [9.17, 15) is 4.79 Å². The van der Waals surface area contributed by atoms with Crippen molar-refractivity contribution in [2.75, 3.05) is 33.5 Å². The third kappa shape index (κ3) is 3.86. The van der Waals surface area contributed by atoms with Gasteiger partial charge in [0.15, 0.2) is 0 Å². The molecule has 17 heavy (non-hydrogen) atoms. The van der Waals surface area contributed by atoms with Crippen LogP contribution in [0.2, 0.25) is 0 Å². The van der Waals surface area contributed by atoms with Crippen molar-refractivity contribution in [1.82, 2.24) is 4.90 Å². The van der Waals surface area contributed by atoms with E-state index in [2.05, 4.69) is 0 Å². The first-order valence-corrected chi connectivity index (χ1v) is 5.31. The van der Waals surface area contributed by atoms with Crippen molar-refractivity contribution in [3.05, 3.63) is 18.2 Å². The molecule has 0 radical (unpaired) electrons. The molecule has 1 aromatic rings. The van der Waals surface area contributed by atoms with Crippen LogP contribution >= 0.6 is 0 Å². The van der Waals surface area contributed by atoms with Crippen LogP contribution in [0.3, 0.4) is 0 Å². The van der Waals surface area contributed by atoms with Crippen LogP contribution in [0, 0.1) is 0 Å². The Morgan fingerprint density at radius 1 is 1.41 bits per heavy atom. The fourth-order valence-electron chi connectivity index (χ4n) is 1.24. The monoisotopic (exact) mass is 238 g/mol. The Bertz CT molecular complexity index is 391. The van der Waals surface area contributed by atoms with Crippen molar-refractivity contribution in [2.45, 2.75) is 6.42 Å². The van der Waals surface area contributed by atoms with E-state index in [0.29, 0.717) is 30.2 Å². The number of rotatable bonds is 5. The molecule has 0 aliphatic rings. The number of hydrogen-bond acceptors (Lipinski definition) is 4. The standard InChI is InChI=1S/C12H18N2O3/c1-14(2)12(15)6-7-17-11-8-9(16-3)4-5-10(11)13/h4-5,8H,6-7,13H2,1-3H3. The molecule has 94 valence electrons. The zero-order valence-electron chi connectivity index (χ0n) is 10.4. The predicted octanol–water partition coefficient (Wildman–Crippen LogP) is 1.13. The number of anilines is 1. The largest absolute Gasteiger partial charge is 0.497 e. The summed E-state index contributed by atoms with van der Waals surface area (Å²) >= 11 is 0. The first kappa shape index (κ1) is 13.2. The van der Waals surface area contributed by atoms with E-state index >= 15 is 0 Å². The molecule has 5 nitrogen and oxygen atoms in total. The van der Waals surface area contributed by atoms with Gasteiger partial charge in [-0.2, -0.15) is 0 Å². The summed E-state index contributed by atoms with van der Waals surface area (Å²) in [6.07, 6.45) is 0.323. The molecule has 1 aromatic carbocycles. The summed E-state index contributed by atoms with van der Waals surface area (Å²) < 4.78 is 10.5. The second-order valence-electron chi connectivity index (χ2n) is 3.79. The smallest absolute Gasteiger partial charge is 0.225 e. The van der Waals surface area contributed by atoms with Crippen molar-refractivity contribution < 1.29 is 14.3 Å². The average molecular weight is 238 g/mol. The molecule has 5 heteroatoms. The molecule has 0 unspecified atom stereocenters. The van der Waals surface area contributed by atoms with Gasteiger partial charge >= 0.3 is 0 Å². The Balaban J connectivity index is 2.54. The highest BCUT2D eigenvalue weighted by Crippen LogP contribution is 2.26. The van der Waals surface area contributed by atoms with Gasteiger partial charge in [0.05, 0.1) is 25.8 Å². The van der Waals surface area contributed by atoms with Crippen molar-refractivity contribution in [1.29, 1.82) is 0 Å². The fourth-order valence-corrected chi connectivity index (χ4v) is 1.24. The van der Waals surface area contributed by atoms with Crippen LogP contribution in [0.5, 0.6) is 11.5 Å². The van der Waals surface area contributed by atoms with Crippen LogP contribution in [0.15, 0.2) is 18.2 Å². The highest BCUT2D eigenvalue weighted by molar-refractivity contribution is 5.75. The van der Waals surface area contributed by atoms with Crippen LogP contribution in [0.1, 0.15) is 6.42 Å². The van der Waals surface area contributed by atoms with Crippen LogP contribution in [-0.4, -0.2) is 38.6 Å².